The van der Waals surface area contributed by atoms with Crippen molar-refractivity contribution in [2.75, 3.05) is 24.4 Å². The van der Waals surface area contributed by atoms with Gasteiger partial charge < -0.3 is 14.4 Å². The van der Waals surface area contributed by atoms with E-state index >= 15 is 0 Å². The van der Waals surface area contributed by atoms with Gasteiger partial charge in [-0.1, -0.05) is 22.0 Å². The molecule has 0 saturated heterocycles. The molecule has 0 fully saturated rings. The molecule has 0 spiro atoms. The number of methoxy groups -OCH3 is 2. The molecule has 1 aromatic carbocycles. The quantitative estimate of drug-likeness (QED) is 0.426. The summed E-state index contributed by atoms with van der Waals surface area (Å²) in [6.07, 6.45) is 6.41. The zero-order chi connectivity index (χ0) is 18.4. The number of benzene rings is 1. The Hall–Kier alpha value is -2.67. The molecule has 1 aromatic rings. The number of hydrogen-bond acceptors (Lipinski definition) is 6. The molecule has 7 heteroatoms. The van der Waals surface area contributed by atoms with Crippen LogP contribution in [0.2, 0.25) is 0 Å². The standard InChI is InChI=1S/C18H16BrNO5/c1-24-17(22)14-5-3-4-10-20(16(14)18(23)25-2)13-8-6-12(7-9-13)15(21)11-19/h3-10H,11H2,1-2H3. The molecule has 1 heterocycles. The minimum atomic E-state index is -0.683. The average Bonchev–Trinajstić information content (AvgIpc) is 2.89. The fourth-order valence-electron chi connectivity index (χ4n) is 2.25. The number of ether oxygens (including phenoxy) is 2. The molecule has 0 atom stereocenters. The highest BCUT2D eigenvalue weighted by molar-refractivity contribution is 9.09. The van der Waals surface area contributed by atoms with Gasteiger partial charge in [-0.15, -0.1) is 0 Å². The Morgan fingerprint density at radius 1 is 1.00 bits per heavy atom. The van der Waals surface area contributed by atoms with Gasteiger partial charge in [0.2, 0.25) is 0 Å². The van der Waals surface area contributed by atoms with Gasteiger partial charge in [-0.25, -0.2) is 9.59 Å². The van der Waals surface area contributed by atoms with E-state index in [0.717, 1.165) is 0 Å². The minimum Gasteiger partial charge on any atom is -0.465 e. The molecule has 0 N–H and O–H groups in total. The predicted octanol–water partition coefficient (Wildman–Crippen LogP) is 2.75. The molecule has 0 aromatic heterocycles. The van der Waals surface area contributed by atoms with E-state index in [2.05, 4.69) is 15.9 Å². The second-order valence-electron chi connectivity index (χ2n) is 4.92. The van der Waals surface area contributed by atoms with Gasteiger partial charge in [-0.05, 0) is 36.4 Å². The predicted molar refractivity (Wildman–Crippen MR) is 96.4 cm³/mol. The van der Waals surface area contributed by atoms with Crippen molar-refractivity contribution in [2.24, 2.45) is 0 Å². The normalized spacial score (nSPS) is 13.5. The van der Waals surface area contributed by atoms with E-state index in [0.29, 0.717) is 11.3 Å². The van der Waals surface area contributed by atoms with Crippen LogP contribution in [-0.2, 0) is 19.1 Å². The number of halogens is 1. The summed E-state index contributed by atoms with van der Waals surface area (Å²) in [6.45, 7) is 0. The molecule has 6 nitrogen and oxygen atoms in total. The van der Waals surface area contributed by atoms with Gasteiger partial charge in [-0.2, -0.15) is 0 Å². The minimum absolute atomic E-state index is 0.0268. The van der Waals surface area contributed by atoms with E-state index < -0.39 is 11.9 Å². The Morgan fingerprint density at radius 2 is 1.64 bits per heavy atom. The molecule has 0 saturated carbocycles. The van der Waals surface area contributed by atoms with Crippen LogP contribution in [0.1, 0.15) is 10.4 Å². The second-order valence-corrected chi connectivity index (χ2v) is 5.48. The van der Waals surface area contributed by atoms with E-state index in [1.54, 1.807) is 42.6 Å². The molecular formula is C18H16BrNO5. The first-order valence-electron chi connectivity index (χ1n) is 7.27. The number of alkyl halides is 1. The lowest BCUT2D eigenvalue weighted by Crippen LogP contribution is -2.27. The van der Waals surface area contributed by atoms with Crippen molar-refractivity contribution < 1.29 is 23.9 Å². The lowest BCUT2D eigenvalue weighted by atomic mass is 10.1. The van der Waals surface area contributed by atoms with Crippen LogP contribution in [-0.4, -0.2) is 37.3 Å². The van der Waals surface area contributed by atoms with Crippen LogP contribution in [0.4, 0.5) is 5.69 Å². The van der Waals surface area contributed by atoms with Crippen LogP contribution in [0.5, 0.6) is 0 Å². The largest absolute Gasteiger partial charge is 0.465 e. The van der Waals surface area contributed by atoms with E-state index in [4.69, 9.17) is 9.47 Å². The lowest BCUT2D eigenvalue weighted by molar-refractivity contribution is -0.139. The SMILES string of the molecule is COC(=O)C1=C(C(=O)OC)N(c2ccc(C(=O)CBr)cc2)C=CC=C1. The molecular weight excluding hydrogens is 390 g/mol. The monoisotopic (exact) mass is 405 g/mol. The van der Waals surface area contributed by atoms with E-state index in [-0.39, 0.29) is 22.4 Å². The molecule has 0 aliphatic carbocycles. The number of carbonyl (C=O) groups excluding carboxylic acids is 3. The van der Waals surface area contributed by atoms with Crippen LogP contribution in [0.25, 0.3) is 0 Å². The first-order valence-corrected chi connectivity index (χ1v) is 8.39. The second kappa shape index (κ2) is 8.43. The molecule has 1 aliphatic rings. The highest BCUT2D eigenvalue weighted by Gasteiger charge is 2.27. The van der Waals surface area contributed by atoms with Gasteiger partial charge >= 0.3 is 11.9 Å². The van der Waals surface area contributed by atoms with Gasteiger partial charge in [0.1, 0.15) is 5.70 Å². The van der Waals surface area contributed by atoms with Crippen LogP contribution in [0, 0.1) is 0 Å². The van der Waals surface area contributed by atoms with Crippen molar-refractivity contribution in [1.82, 2.24) is 0 Å². The zero-order valence-corrected chi connectivity index (χ0v) is 15.3. The number of Topliss-reactive ketones (excluding diaryl/α,β-unsaturated/α-hetero) is 1. The summed E-state index contributed by atoms with van der Waals surface area (Å²) >= 11 is 3.13. The first kappa shape index (κ1) is 18.7. The maximum absolute atomic E-state index is 12.3. The molecule has 1 aliphatic heterocycles. The molecule has 130 valence electrons. The summed E-state index contributed by atoms with van der Waals surface area (Å²) in [7, 11) is 2.47. The summed E-state index contributed by atoms with van der Waals surface area (Å²) in [5.41, 5.74) is 1.22. The Labute approximate surface area is 153 Å². The summed E-state index contributed by atoms with van der Waals surface area (Å²) in [5.74, 6) is -1.40. The highest BCUT2D eigenvalue weighted by Crippen LogP contribution is 2.26. The molecule has 0 radical (unpaired) electrons. The Kier molecular flexibility index (Phi) is 6.30. The van der Waals surface area contributed by atoms with Crippen molar-refractivity contribution in [3.05, 3.63) is 65.5 Å². The summed E-state index contributed by atoms with van der Waals surface area (Å²) in [5, 5.41) is 0.222. The number of nitrogens with zero attached hydrogens (tertiary/aromatic N) is 1. The summed E-state index contributed by atoms with van der Waals surface area (Å²) in [6, 6.07) is 6.67. The molecule has 0 bridgehead atoms. The summed E-state index contributed by atoms with van der Waals surface area (Å²) in [4.78, 5) is 37.6. The van der Waals surface area contributed by atoms with Crippen molar-refractivity contribution >= 4 is 39.3 Å². The van der Waals surface area contributed by atoms with Gasteiger partial charge in [0.05, 0.1) is 25.1 Å². The van der Waals surface area contributed by atoms with Crippen molar-refractivity contribution in [2.45, 2.75) is 0 Å². The summed E-state index contributed by atoms with van der Waals surface area (Å²) < 4.78 is 9.59. The zero-order valence-electron chi connectivity index (χ0n) is 13.7. The van der Waals surface area contributed by atoms with Gasteiger partial charge in [0.15, 0.2) is 5.78 Å². The molecule has 0 unspecified atom stereocenters. The third-order valence-electron chi connectivity index (χ3n) is 3.48. The van der Waals surface area contributed by atoms with Crippen molar-refractivity contribution in [3.8, 4) is 0 Å². The van der Waals surface area contributed by atoms with Gasteiger partial charge in [0.25, 0.3) is 0 Å². The fraction of sp³-hybridized carbons (Fsp3) is 0.167. The van der Waals surface area contributed by atoms with E-state index in [1.807, 2.05) is 0 Å². The number of carbonyl (C=O) groups is 3. The Bertz CT molecular complexity index is 777. The fourth-order valence-corrected chi connectivity index (χ4v) is 2.57. The van der Waals surface area contributed by atoms with E-state index in [1.165, 1.54) is 25.2 Å². The number of hydrogen-bond donors (Lipinski definition) is 0. The number of ketones is 1. The van der Waals surface area contributed by atoms with E-state index in [9.17, 15) is 14.4 Å². The first-order chi connectivity index (χ1) is 12.0. The molecule has 2 rings (SSSR count). The van der Waals surface area contributed by atoms with Crippen LogP contribution in [0.3, 0.4) is 0 Å². The maximum Gasteiger partial charge on any atom is 0.355 e. The highest BCUT2D eigenvalue weighted by atomic mass is 79.9. The average molecular weight is 406 g/mol. The number of anilines is 1. The Morgan fingerprint density at radius 3 is 2.20 bits per heavy atom. The third-order valence-corrected chi connectivity index (χ3v) is 3.99. The number of allylic oxidation sites excluding steroid dienone is 2. The smallest absolute Gasteiger partial charge is 0.355 e. The topological polar surface area (TPSA) is 72.9 Å². The lowest BCUT2D eigenvalue weighted by Gasteiger charge is -2.23. The van der Waals surface area contributed by atoms with Crippen LogP contribution < -0.4 is 4.90 Å². The molecule has 25 heavy (non-hydrogen) atoms. The van der Waals surface area contributed by atoms with Gasteiger partial charge in [0, 0.05) is 17.5 Å². The van der Waals surface area contributed by atoms with Crippen molar-refractivity contribution in [1.29, 1.82) is 0 Å². The van der Waals surface area contributed by atoms with Crippen molar-refractivity contribution in [3.63, 3.8) is 0 Å². The van der Waals surface area contributed by atoms with Crippen LogP contribution >= 0.6 is 15.9 Å². The third kappa shape index (κ3) is 4.06. The number of esters is 2. The Balaban J connectivity index is 2.54. The molecule has 0 amide bonds. The maximum atomic E-state index is 12.3. The number of rotatable bonds is 5. The van der Waals surface area contributed by atoms with Gasteiger partial charge in [-0.3, -0.25) is 4.79 Å². The van der Waals surface area contributed by atoms with Crippen LogP contribution in [0.15, 0.2) is 60.0 Å².